The Morgan fingerprint density at radius 3 is 2.37 bits per heavy atom. The number of nitrogen functional groups attached to an aromatic ring is 1. The van der Waals surface area contributed by atoms with E-state index in [2.05, 4.69) is 36.9 Å². The van der Waals surface area contributed by atoms with Gasteiger partial charge in [0, 0.05) is 18.3 Å². The Kier molecular flexibility index (Phi) is 7.00. The molecule has 0 bridgehead atoms. The van der Waals surface area contributed by atoms with Gasteiger partial charge in [-0.3, -0.25) is 4.79 Å². The Morgan fingerprint density at radius 1 is 1.17 bits per heavy atom. The van der Waals surface area contributed by atoms with Crippen molar-refractivity contribution in [2.75, 3.05) is 32.5 Å². The highest BCUT2D eigenvalue weighted by Gasteiger charge is 2.23. The third kappa shape index (κ3) is 5.32. The number of β-amino-alcohol motifs (C(OH)–C–C–N with tert-alkyl or cyclic N) is 1. The number of aliphatic hydroxyl groups excluding tert-OH is 1. The molecule has 0 spiro atoms. The van der Waals surface area contributed by atoms with Crippen LogP contribution in [0.5, 0.6) is 5.75 Å². The van der Waals surface area contributed by atoms with Crippen LogP contribution in [0.2, 0.25) is 0 Å². The number of anilines is 1. The molecule has 1 unspecified atom stereocenters. The van der Waals surface area contributed by atoms with Crippen LogP contribution in [0.25, 0.3) is 0 Å². The minimum absolute atomic E-state index is 0.371. The van der Waals surface area contributed by atoms with Crippen LogP contribution in [0.1, 0.15) is 51.6 Å². The van der Waals surface area contributed by atoms with Crippen molar-refractivity contribution in [2.45, 2.75) is 39.2 Å². The van der Waals surface area contributed by atoms with E-state index in [0.717, 1.165) is 43.5 Å². The summed E-state index contributed by atoms with van der Waals surface area (Å²) in [6, 6.07) is 9.70. The summed E-state index contributed by atoms with van der Waals surface area (Å²) < 4.78 is 5.22. The summed E-state index contributed by atoms with van der Waals surface area (Å²) in [5.74, 6) is 0.387. The maximum Gasteiger partial charge on any atom is 0.252 e. The van der Waals surface area contributed by atoms with Gasteiger partial charge in [0.15, 0.2) is 0 Å². The van der Waals surface area contributed by atoms with Crippen molar-refractivity contribution in [3.63, 3.8) is 0 Å². The van der Waals surface area contributed by atoms with E-state index in [0.29, 0.717) is 29.5 Å². The van der Waals surface area contributed by atoms with E-state index in [1.807, 2.05) is 0 Å². The van der Waals surface area contributed by atoms with Gasteiger partial charge in [0.05, 0.1) is 18.8 Å². The lowest BCUT2D eigenvalue weighted by molar-refractivity contribution is 0.0892. The van der Waals surface area contributed by atoms with Gasteiger partial charge in [-0.15, -0.1) is 0 Å². The Hall–Kier alpha value is -2.57. The van der Waals surface area contributed by atoms with Crippen LogP contribution >= 0.6 is 0 Å². The Bertz CT molecular complexity index is 885. The summed E-state index contributed by atoms with van der Waals surface area (Å²) in [5.41, 5.74) is 17.0. The molecule has 2 aromatic rings. The molecule has 30 heavy (non-hydrogen) atoms. The average molecular weight is 412 g/mol. The quantitative estimate of drug-likeness (QED) is 0.608. The molecule has 0 aliphatic carbocycles. The second-order valence-electron chi connectivity index (χ2n) is 8.50. The van der Waals surface area contributed by atoms with Crippen LogP contribution in [0, 0.1) is 19.8 Å². The van der Waals surface area contributed by atoms with Crippen molar-refractivity contribution >= 4 is 11.6 Å². The van der Waals surface area contributed by atoms with Crippen LogP contribution in [-0.4, -0.2) is 42.7 Å². The number of aryl methyl sites for hydroxylation is 2. The summed E-state index contributed by atoms with van der Waals surface area (Å²) in [5, 5.41) is 10.7. The van der Waals surface area contributed by atoms with Gasteiger partial charge >= 0.3 is 0 Å². The first-order valence-corrected chi connectivity index (χ1v) is 10.5. The number of aliphatic hydroxyl groups is 1. The van der Waals surface area contributed by atoms with Crippen LogP contribution in [0.15, 0.2) is 30.3 Å². The normalized spacial score (nSPS) is 16.4. The lowest BCUT2D eigenvalue weighted by atomic mass is 9.88. The number of benzene rings is 2. The number of hydrogen-bond acceptors (Lipinski definition) is 5. The highest BCUT2D eigenvalue weighted by molar-refractivity contribution is 5.96. The number of carbonyl (C=O) groups excluding carboxylic acids is 1. The molecular formula is C24H33N3O3. The summed E-state index contributed by atoms with van der Waals surface area (Å²) >= 11 is 0. The fourth-order valence-electron chi connectivity index (χ4n) is 4.41. The maximum atomic E-state index is 11.7. The molecule has 5 N–H and O–H groups in total. The number of rotatable bonds is 7. The van der Waals surface area contributed by atoms with Gasteiger partial charge in [-0.05, 0) is 69.3 Å². The highest BCUT2D eigenvalue weighted by Crippen LogP contribution is 2.30. The fraction of sp³-hybridized carbons (Fsp3) is 0.458. The topological polar surface area (TPSA) is 102 Å². The predicted octanol–water partition coefficient (Wildman–Crippen LogP) is 2.98. The molecule has 1 aliphatic heterocycles. The molecule has 6 heteroatoms. The van der Waals surface area contributed by atoms with E-state index >= 15 is 0 Å². The summed E-state index contributed by atoms with van der Waals surface area (Å²) in [6.45, 7) is 6.63. The lowest BCUT2D eigenvalue weighted by Gasteiger charge is -2.33. The van der Waals surface area contributed by atoms with E-state index in [1.165, 1.54) is 18.2 Å². The number of nitrogens with two attached hydrogens (primary N) is 2. The molecule has 1 atom stereocenters. The number of methoxy groups -OCH3 is 1. The second kappa shape index (κ2) is 9.49. The van der Waals surface area contributed by atoms with Crippen LogP contribution in [-0.2, 0) is 6.42 Å². The number of amides is 1. The fourth-order valence-corrected chi connectivity index (χ4v) is 4.41. The summed E-state index contributed by atoms with van der Waals surface area (Å²) in [6.07, 6.45) is 2.38. The van der Waals surface area contributed by atoms with Crippen molar-refractivity contribution in [1.29, 1.82) is 0 Å². The van der Waals surface area contributed by atoms with Gasteiger partial charge < -0.3 is 26.2 Å². The lowest BCUT2D eigenvalue weighted by Crippen LogP contribution is -2.37. The zero-order valence-corrected chi connectivity index (χ0v) is 18.1. The van der Waals surface area contributed by atoms with Crippen LogP contribution < -0.4 is 16.2 Å². The number of piperidine rings is 1. The minimum atomic E-state index is -0.511. The molecule has 0 aromatic heterocycles. The number of likely N-dealkylation sites (tertiary alicyclic amines) is 1. The Balaban J connectivity index is 1.58. The Morgan fingerprint density at radius 2 is 1.80 bits per heavy atom. The van der Waals surface area contributed by atoms with Gasteiger partial charge in [-0.2, -0.15) is 0 Å². The molecule has 2 aromatic carbocycles. The SMILES string of the molecule is COc1cc(N)c(CC2CCN(CC(O)c3cc(C)cc(C)c3)CC2)cc1C(N)=O. The van der Waals surface area contributed by atoms with Gasteiger partial charge in [0.1, 0.15) is 5.75 Å². The third-order valence-corrected chi connectivity index (χ3v) is 6.00. The van der Waals surface area contributed by atoms with Crippen molar-refractivity contribution < 1.29 is 14.6 Å². The minimum Gasteiger partial charge on any atom is -0.496 e. The first-order valence-electron chi connectivity index (χ1n) is 10.5. The van der Waals surface area contributed by atoms with Gasteiger partial charge in [0.25, 0.3) is 5.91 Å². The largest absolute Gasteiger partial charge is 0.496 e. The highest BCUT2D eigenvalue weighted by atomic mass is 16.5. The van der Waals surface area contributed by atoms with E-state index in [1.54, 1.807) is 12.1 Å². The molecule has 6 nitrogen and oxygen atoms in total. The molecule has 3 rings (SSSR count). The summed E-state index contributed by atoms with van der Waals surface area (Å²) in [4.78, 5) is 14.0. The molecule has 1 fully saturated rings. The molecule has 162 valence electrons. The van der Waals surface area contributed by atoms with E-state index in [-0.39, 0.29) is 0 Å². The second-order valence-corrected chi connectivity index (χ2v) is 8.50. The van der Waals surface area contributed by atoms with Crippen LogP contribution in [0.4, 0.5) is 5.69 Å². The van der Waals surface area contributed by atoms with Crippen molar-refractivity contribution in [2.24, 2.45) is 11.7 Å². The molecular weight excluding hydrogens is 378 g/mol. The predicted molar refractivity (Wildman–Crippen MR) is 120 cm³/mol. The Labute approximate surface area is 178 Å². The first kappa shape index (κ1) is 22.1. The maximum absolute atomic E-state index is 11.7. The van der Waals surface area contributed by atoms with Crippen molar-refractivity contribution in [3.8, 4) is 5.75 Å². The first-order chi connectivity index (χ1) is 14.3. The summed E-state index contributed by atoms with van der Waals surface area (Å²) in [7, 11) is 1.50. The zero-order valence-electron chi connectivity index (χ0n) is 18.1. The van der Waals surface area contributed by atoms with E-state index < -0.39 is 12.0 Å². The van der Waals surface area contributed by atoms with Gasteiger partial charge in [0.2, 0.25) is 0 Å². The molecule has 1 aliphatic rings. The van der Waals surface area contributed by atoms with E-state index in [4.69, 9.17) is 16.2 Å². The molecule has 0 saturated carbocycles. The van der Waals surface area contributed by atoms with Crippen molar-refractivity contribution in [3.05, 3.63) is 58.1 Å². The third-order valence-electron chi connectivity index (χ3n) is 6.00. The number of nitrogens with zero attached hydrogens (tertiary/aromatic N) is 1. The zero-order chi connectivity index (χ0) is 21.8. The molecule has 0 radical (unpaired) electrons. The van der Waals surface area contributed by atoms with Crippen molar-refractivity contribution in [1.82, 2.24) is 4.90 Å². The average Bonchev–Trinajstić information content (AvgIpc) is 2.69. The number of carbonyl (C=O) groups is 1. The monoisotopic (exact) mass is 411 g/mol. The number of ether oxygens (including phenoxy) is 1. The number of hydrogen-bond donors (Lipinski definition) is 3. The van der Waals surface area contributed by atoms with E-state index in [9.17, 15) is 9.90 Å². The van der Waals surface area contributed by atoms with Gasteiger partial charge in [-0.1, -0.05) is 29.3 Å². The van der Waals surface area contributed by atoms with Gasteiger partial charge in [-0.25, -0.2) is 0 Å². The molecule has 1 saturated heterocycles. The smallest absolute Gasteiger partial charge is 0.252 e. The number of primary amides is 1. The molecule has 1 amide bonds. The van der Waals surface area contributed by atoms with Crippen LogP contribution in [0.3, 0.4) is 0 Å². The standard InChI is InChI=1S/C24H33N3O3/c1-15-8-16(2)10-19(9-15)22(28)14-27-6-4-17(5-7-27)11-18-12-20(24(26)29)23(30-3)13-21(18)25/h8-10,12-13,17,22,28H,4-7,11,14,25H2,1-3H3,(H2,26,29). The molecule has 1 heterocycles.